The SMILES string of the molecule is CCS(=O)(=O)C[C@]1(c2ccc([N+](=O)[O-])cc2)OC[C@H](CO)O1. The molecule has 22 heavy (non-hydrogen) atoms. The molecule has 1 saturated heterocycles. The number of aliphatic hydroxyl groups is 1. The lowest BCUT2D eigenvalue weighted by molar-refractivity contribution is -0.384. The smallest absolute Gasteiger partial charge is 0.269 e. The van der Waals surface area contributed by atoms with Crippen LogP contribution in [-0.2, 0) is 25.1 Å². The molecule has 1 aromatic carbocycles. The molecule has 1 heterocycles. The van der Waals surface area contributed by atoms with Gasteiger partial charge in [-0.2, -0.15) is 0 Å². The normalized spacial score (nSPS) is 25.3. The van der Waals surface area contributed by atoms with Crippen LogP contribution in [0.2, 0.25) is 0 Å². The van der Waals surface area contributed by atoms with Gasteiger partial charge in [0, 0.05) is 23.4 Å². The molecule has 9 heteroatoms. The molecule has 122 valence electrons. The fourth-order valence-corrected chi connectivity index (χ4v) is 3.30. The van der Waals surface area contributed by atoms with Crippen molar-refractivity contribution in [3.63, 3.8) is 0 Å². The van der Waals surface area contributed by atoms with Crippen molar-refractivity contribution in [2.45, 2.75) is 18.8 Å². The van der Waals surface area contributed by atoms with Crippen LogP contribution < -0.4 is 0 Å². The van der Waals surface area contributed by atoms with Crippen molar-refractivity contribution in [3.8, 4) is 0 Å². The molecule has 0 aliphatic carbocycles. The number of nitrogens with zero attached hydrogens (tertiary/aromatic N) is 1. The largest absolute Gasteiger partial charge is 0.394 e. The van der Waals surface area contributed by atoms with Crippen molar-refractivity contribution in [1.82, 2.24) is 0 Å². The quantitative estimate of drug-likeness (QED) is 0.599. The number of hydrogen-bond acceptors (Lipinski definition) is 7. The molecule has 0 bridgehead atoms. The molecule has 1 aliphatic rings. The van der Waals surface area contributed by atoms with Gasteiger partial charge in [0.1, 0.15) is 11.9 Å². The molecule has 1 aromatic rings. The molecule has 8 nitrogen and oxygen atoms in total. The van der Waals surface area contributed by atoms with E-state index >= 15 is 0 Å². The van der Waals surface area contributed by atoms with Crippen LogP contribution in [0.3, 0.4) is 0 Å². The number of nitro groups is 1. The average Bonchev–Trinajstić information content (AvgIpc) is 2.91. The zero-order chi connectivity index (χ0) is 16.4. The third kappa shape index (κ3) is 3.43. The summed E-state index contributed by atoms with van der Waals surface area (Å²) in [7, 11) is -3.43. The van der Waals surface area contributed by atoms with Gasteiger partial charge in [0.15, 0.2) is 9.84 Å². The molecule has 0 radical (unpaired) electrons. The van der Waals surface area contributed by atoms with E-state index < -0.39 is 32.4 Å². The number of nitro benzene ring substituents is 1. The zero-order valence-corrected chi connectivity index (χ0v) is 12.8. The Balaban J connectivity index is 2.38. The summed E-state index contributed by atoms with van der Waals surface area (Å²) in [5.41, 5.74) is 0.250. The van der Waals surface area contributed by atoms with E-state index in [0.717, 1.165) is 0 Å². The summed E-state index contributed by atoms with van der Waals surface area (Å²) in [6.45, 7) is 1.25. The number of non-ortho nitro benzene ring substituents is 1. The third-order valence-corrected chi connectivity index (χ3v) is 5.13. The molecule has 1 N–H and O–H groups in total. The summed E-state index contributed by atoms with van der Waals surface area (Å²) < 4.78 is 35.1. The Kier molecular flexibility index (Phi) is 4.81. The van der Waals surface area contributed by atoms with Crippen molar-refractivity contribution in [2.75, 3.05) is 24.7 Å². The highest BCUT2D eigenvalue weighted by Gasteiger charge is 2.46. The van der Waals surface area contributed by atoms with E-state index in [4.69, 9.17) is 9.47 Å². The van der Waals surface area contributed by atoms with E-state index in [-0.39, 0.29) is 24.7 Å². The monoisotopic (exact) mass is 331 g/mol. The molecule has 0 unspecified atom stereocenters. The number of benzene rings is 1. The van der Waals surface area contributed by atoms with Gasteiger partial charge in [-0.05, 0) is 12.1 Å². The highest BCUT2D eigenvalue weighted by atomic mass is 32.2. The van der Waals surface area contributed by atoms with E-state index in [9.17, 15) is 23.6 Å². The van der Waals surface area contributed by atoms with Crippen molar-refractivity contribution >= 4 is 15.5 Å². The first-order valence-corrected chi connectivity index (χ1v) is 8.52. The number of rotatable bonds is 6. The van der Waals surface area contributed by atoms with Crippen LogP contribution in [0, 0.1) is 10.1 Å². The van der Waals surface area contributed by atoms with E-state index in [1.54, 1.807) is 0 Å². The lowest BCUT2D eigenvalue weighted by Gasteiger charge is -2.28. The van der Waals surface area contributed by atoms with Crippen molar-refractivity contribution in [3.05, 3.63) is 39.9 Å². The van der Waals surface area contributed by atoms with Crippen LogP contribution in [0.4, 0.5) is 5.69 Å². The summed E-state index contributed by atoms with van der Waals surface area (Å²) in [4.78, 5) is 10.2. The molecule has 0 saturated carbocycles. The minimum absolute atomic E-state index is 0.0483. The summed E-state index contributed by atoms with van der Waals surface area (Å²) in [5, 5.41) is 19.9. The Morgan fingerprint density at radius 3 is 2.50 bits per heavy atom. The van der Waals surface area contributed by atoms with Gasteiger partial charge in [-0.3, -0.25) is 10.1 Å². The molecule has 0 spiro atoms. The van der Waals surface area contributed by atoms with Crippen LogP contribution in [0.5, 0.6) is 0 Å². The molecular formula is C13H17NO7S. The van der Waals surface area contributed by atoms with Crippen molar-refractivity contribution in [1.29, 1.82) is 0 Å². The van der Waals surface area contributed by atoms with Crippen molar-refractivity contribution < 1.29 is 27.9 Å². The summed E-state index contributed by atoms with van der Waals surface area (Å²) in [5.74, 6) is -2.04. The number of hydrogen-bond donors (Lipinski definition) is 1. The standard InChI is InChI=1S/C13H17NO7S/c1-2-22(18,19)9-13(20-8-12(7-15)21-13)10-3-5-11(6-4-10)14(16)17/h3-6,12,15H,2,7-9H2,1H3/t12-,13-/m0/s1. The first kappa shape index (κ1) is 16.8. The fourth-order valence-electron chi connectivity index (χ4n) is 2.19. The summed E-state index contributed by atoms with van der Waals surface area (Å²) >= 11 is 0. The second-order valence-corrected chi connectivity index (χ2v) is 7.32. The highest BCUT2D eigenvalue weighted by molar-refractivity contribution is 7.91. The first-order chi connectivity index (χ1) is 10.3. The van der Waals surface area contributed by atoms with Crippen LogP contribution in [0.1, 0.15) is 12.5 Å². The maximum absolute atomic E-state index is 12.0. The van der Waals surface area contributed by atoms with Gasteiger partial charge in [-0.15, -0.1) is 0 Å². The molecule has 1 aliphatic heterocycles. The molecule has 1 fully saturated rings. The second-order valence-electron chi connectivity index (χ2n) is 4.97. The topological polar surface area (TPSA) is 116 Å². The second kappa shape index (κ2) is 6.29. The average molecular weight is 331 g/mol. The Morgan fingerprint density at radius 1 is 1.41 bits per heavy atom. The maximum atomic E-state index is 12.0. The number of aliphatic hydroxyl groups excluding tert-OH is 1. The lowest BCUT2D eigenvalue weighted by atomic mass is 10.1. The predicted molar refractivity (Wildman–Crippen MR) is 77.0 cm³/mol. The van der Waals surface area contributed by atoms with Crippen molar-refractivity contribution in [2.24, 2.45) is 0 Å². The number of sulfone groups is 1. The predicted octanol–water partition coefficient (Wildman–Crippen LogP) is 0.590. The highest BCUT2D eigenvalue weighted by Crippen LogP contribution is 2.36. The van der Waals surface area contributed by atoms with Crippen LogP contribution in [0.25, 0.3) is 0 Å². The maximum Gasteiger partial charge on any atom is 0.269 e. The van der Waals surface area contributed by atoms with E-state index in [2.05, 4.69) is 0 Å². The molecule has 2 rings (SSSR count). The Bertz CT molecular complexity index is 643. The van der Waals surface area contributed by atoms with Gasteiger partial charge in [-0.25, -0.2) is 8.42 Å². The number of ether oxygens (including phenoxy) is 2. The summed E-state index contributed by atoms with van der Waals surface area (Å²) in [6.07, 6.45) is -0.637. The minimum Gasteiger partial charge on any atom is -0.394 e. The Hall–Kier alpha value is -1.55. The van der Waals surface area contributed by atoms with Gasteiger partial charge in [0.2, 0.25) is 5.79 Å². The van der Waals surface area contributed by atoms with Gasteiger partial charge in [0.25, 0.3) is 5.69 Å². The molecular weight excluding hydrogens is 314 g/mol. The minimum atomic E-state index is -3.43. The van der Waals surface area contributed by atoms with Gasteiger partial charge in [0.05, 0.1) is 18.1 Å². The van der Waals surface area contributed by atoms with Gasteiger partial charge >= 0.3 is 0 Å². The van der Waals surface area contributed by atoms with E-state index in [1.165, 1.54) is 31.2 Å². The third-order valence-electron chi connectivity index (χ3n) is 3.43. The summed E-state index contributed by atoms with van der Waals surface area (Å²) in [6, 6.07) is 5.33. The first-order valence-electron chi connectivity index (χ1n) is 6.70. The van der Waals surface area contributed by atoms with Gasteiger partial charge < -0.3 is 14.6 Å². The molecule has 0 aromatic heterocycles. The van der Waals surface area contributed by atoms with Crippen LogP contribution in [-0.4, -0.2) is 49.3 Å². The molecule has 2 atom stereocenters. The van der Waals surface area contributed by atoms with Gasteiger partial charge in [-0.1, -0.05) is 6.92 Å². The van der Waals surface area contributed by atoms with Crippen LogP contribution in [0.15, 0.2) is 24.3 Å². The molecule has 0 amide bonds. The Morgan fingerprint density at radius 2 is 2.05 bits per heavy atom. The lowest BCUT2D eigenvalue weighted by Crippen LogP contribution is -2.37. The fraction of sp³-hybridized carbons (Fsp3) is 0.538. The van der Waals surface area contributed by atoms with E-state index in [1.807, 2.05) is 0 Å². The Labute approximate surface area is 127 Å². The van der Waals surface area contributed by atoms with E-state index in [0.29, 0.717) is 5.56 Å². The zero-order valence-electron chi connectivity index (χ0n) is 12.0. The van der Waals surface area contributed by atoms with Crippen LogP contribution >= 0.6 is 0 Å².